The van der Waals surface area contributed by atoms with E-state index >= 15 is 0 Å². The maximum atomic E-state index is 12.8. The number of aliphatic carboxylic acids is 1. The molecule has 1 aliphatic heterocycles. The van der Waals surface area contributed by atoms with Crippen LogP contribution in [-0.4, -0.2) is 22.5 Å². The predicted octanol–water partition coefficient (Wildman–Crippen LogP) is 3.50. The standard InChI is InChI=1S/C12H9F3O2S/c1-6-2-3-7-5-8(11(16)17)10(12(13,14)15)18-9(7)4-6/h2-5,10H,1H3,(H,16,17). The summed E-state index contributed by atoms with van der Waals surface area (Å²) in [5, 5.41) is 6.86. The summed E-state index contributed by atoms with van der Waals surface area (Å²) in [6, 6.07) is 5.00. The van der Waals surface area contributed by atoms with Gasteiger partial charge in [0.2, 0.25) is 0 Å². The van der Waals surface area contributed by atoms with Gasteiger partial charge in [-0.25, -0.2) is 4.79 Å². The quantitative estimate of drug-likeness (QED) is 0.851. The molecule has 6 heteroatoms. The molecule has 0 radical (unpaired) electrons. The van der Waals surface area contributed by atoms with E-state index in [-0.39, 0.29) is 0 Å². The Labute approximate surface area is 106 Å². The lowest BCUT2D eigenvalue weighted by Gasteiger charge is -2.25. The Balaban J connectivity index is 2.53. The van der Waals surface area contributed by atoms with Gasteiger partial charge in [-0.2, -0.15) is 13.2 Å². The molecule has 1 aromatic rings. The van der Waals surface area contributed by atoms with Crippen molar-refractivity contribution >= 4 is 23.8 Å². The van der Waals surface area contributed by atoms with Crippen LogP contribution in [0, 0.1) is 6.92 Å². The Kier molecular flexibility index (Phi) is 3.14. The number of thioether (sulfide) groups is 1. The van der Waals surface area contributed by atoms with Crippen molar-refractivity contribution in [3.8, 4) is 0 Å². The lowest BCUT2D eigenvalue weighted by molar-refractivity contribution is -0.140. The molecule has 2 rings (SSSR count). The number of rotatable bonds is 1. The number of halogens is 3. The number of carbonyl (C=O) groups is 1. The third-order valence-corrected chi connectivity index (χ3v) is 3.92. The van der Waals surface area contributed by atoms with Gasteiger partial charge in [-0.15, -0.1) is 11.8 Å². The fourth-order valence-electron chi connectivity index (χ4n) is 1.71. The van der Waals surface area contributed by atoms with Crippen molar-refractivity contribution in [3.63, 3.8) is 0 Å². The van der Waals surface area contributed by atoms with Crippen molar-refractivity contribution in [2.24, 2.45) is 0 Å². The second-order valence-corrected chi connectivity index (χ2v) is 5.13. The van der Waals surface area contributed by atoms with Crippen LogP contribution >= 0.6 is 11.8 Å². The Morgan fingerprint density at radius 3 is 2.61 bits per heavy atom. The van der Waals surface area contributed by atoms with Crippen LogP contribution in [-0.2, 0) is 4.79 Å². The topological polar surface area (TPSA) is 37.3 Å². The van der Waals surface area contributed by atoms with Gasteiger partial charge in [0.15, 0.2) is 0 Å². The first-order chi connectivity index (χ1) is 8.29. The summed E-state index contributed by atoms with van der Waals surface area (Å²) in [6.07, 6.45) is -3.47. The minimum atomic E-state index is -4.57. The first-order valence-corrected chi connectivity index (χ1v) is 5.96. The second-order valence-electron chi connectivity index (χ2n) is 3.99. The van der Waals surface area contributed by atoms with E-state index in [4.69, 9.17) is 5.11 Å². The molecule has 0 saturated heterocycles. The molecule has 96 valence electrons. The molecule has 0 spiro atoms. The number of hydrogen-bond acceptors (Lipinski definition) is 2. The number of fused-ring (bicyclic) bond motifs is 1. The summed E-state index contributed by atoms with van der Waals surface area (Å²) in [4.78, 5) is 11.4. The van der Waals surface area contributed by atoms with Crippen molar-refractivity contribution in [3.05, 3.63) is 34.9 Å². The van der Waals surface area contributed by atoms with Gasteiger partial charge in [-0.05, 0) is 30.2 Å². The Hall–Kier alpha value is -1.43. The van der Waals surface area contributed by atoms with Gasteiger partial charge in [0, 0.05) is 4.90 Å². The monoisotopic (exact) mass is 274 g/mol. The van der Waals surface area contributed by atoms with E-state index in [1.165, 1.54) is 0 Å². The molecule has 0 aromatic heterocycles. The molecule has 0 amide bonds. The predicted molar refractivity (Wildman–Crippen MR) is 62.5 cm³/mol. The average Bonchev–Trinajstić information content (AvgIpc) is 2.25. The van der Waals surface area contributed by atoms with Crippen LogP contribution in [0.25, 0.3) is 6.08 Å². The van der Waals surface area contributed by atoms with Gasteiger partial charge in [0.1, 0.15) is 5.25 Å². The maximum absolute atomic E-state index is 12.8. The molecule has 1 N–H and O–H groups in total. The summed E-state index contributed by atoms with van der Waals surface area (Å²) in [5.74, 6) is -1.53. The molecule has 1 aromatic carbocycles. The molecule has 1 atom stereocenters. The number of carboxylic acids is 1. The minimum Gasteiger partial charge on any atom is -0.478 e. The number of benzene rings is 1. The summed E-state index contributed by atoms with van der Waals surface area (Å²) < 4.78 is 38.5. The van der Waals surface area contributed by atoms with Crippen LogP contribution in [0.1, 0.15) is 11.1 Å². The Morgan fingerprint density at radius 2 is 2.06 bits per heavy atom. The summed E-state index contributed by atoms with van der Waals surface area (Å²) in [7, 11) is 0. The SMILES string of the molecule is Cc1ccc2c(c1)SC(C(F)(F)F)C(C(=O)O)=C2. The van der Waals surface area contributed by atoms with Gasteiger partial charge in [0.05, 0.1) is 5.57 Å². The maximum Gasteiger partial charge on any atom is 0.405 e. The van der Waals surface area contributed by atoms with Gasteiger partial charge in [-0.1, -0.05) is 12.1 Å². The van der Waals surface area contributed by atoms with E-state index in [0.717, 1.165) is 11.6 Å². The molecule has 0 saturated carbocycles. The normalized spacial score (nSPS) is 19.1. The van der Waals surface area contributed by atoms with Gasteiger partial charge in [-0.3, -0.25) is 0 Å². The zero-order chi connectivity index (χ0) is 13.5. The fourth-order valence-corrected chi connectivity index (χ4v) is 2.91. The number of hydrogen-bond donors (Lipinski definition) is 1. The van der Waals surface area contributed by atoms with Crippen molar-refractivity contribution in [1.29, 1.82) is 0 Å². The molecule has 1 unspecified atom stereocenters. The lowest BCUT2D eigenvalue weighted by Crippen LogP contribution is -2.32. The summed E-state index contributed by atoms with van der Waals surface area (Å²) >= 11 is 0.540. The van der Waals surface area contributed by atoms with Crippen LogP contribution < -0.4 is 0 Å². The highest BCUT2D eigenvalue weighted by Gasteiger charge is 2.46. The van der Waals surface area contributed by atoms with E-state index in [9.17, 15) is 18.0 Å². The molecule has 18 heavy (non-hydrogen) atoms. The highest BCUT2D eigenvalue weighted by atomic mass is 32.2. The van der Waals surface area contributed by atoms with E-state index in [0.29, 0.717) is 22.2 Å². The third kappa shape index (κ3) is 2.38. The Bertz CT molecular complexity index is 535. The summed E-state index contributed by atoms with van der Waals surface area (Å²) in [5.41, 5.74) is 0.738. The van der Waals surface area contributed by atoms with E-state index < -0.39 is 23.0 Å². The van der Waals surface area contributed by atoms with Gasteiger partial charge < -0.3 is 5.11 Å². The van der Waals surface area contributed by atoms with Crippen LogP contribution in [0.3, 0.4) is 0 Å². The van der Waals surface area contributed by atoms with Crippen molar-refractivity contribution in [1.82, 2.24) is 0 Å². The average molecular weight is 274 g/mol. The Morgan fingerprint density at radius 1 is 1.39 bits per heavy atom. The molecular weight excluding hydrogens is 265 g/mol. The summed E-state index contributed by atoms with van der Waals surface area (Å²) in [6.45, 7) is 1.78. The molecule has 2 nitrogen and oxygen atoms in total. The van der Waals surface area contributed by atoms with E-state index in [2.05, 4.69) is 0 Å². The fraction of sp³-hybridized carbons (Fsp3) is 0.250. The molecular formula is C12H9F3O2S. The number of aryl methyl sites for hydroxylation is 1. The minimum absolute atomic E-state index is 0.460. The molecule has 0 fully saturated rings. The number of alkyl halides is 3. The van der Waals surface area contributed by atoms with Crippen LogP contribution in [0.5, 0.6) is 0 Å². The molecule has 0 bridgehead atoms. The zero-order valence-corrected chi connectivity index (χ0v) is 10.1. The van der Waals surface area contributed by atoms with Crippen molar-refractivity contribution in [2.45, 2.75) is 23.2 Å². The van der Waals surface area contributed by atoms with Crippen LogP contribution in [0.2, 0.25) is 0 Å². The number of carboxylic acid groups (broad SMARTS) is 1. The van der Waals surface area contributed by atoms with Crippen molar-refractivity contribution in [2.75, 3.05) is 0 Å². The smallest absolute Gasteiger partial charge is 0.405 e. The van der Waals surface area contributed by atoms with Crippen LogP contribution in [0.4, 0.5) is 13.2 Å². The highest BCUT2D eigenvalue weighted by Crippen LogP contribution is 2.45. The molecule has 1 aliphatic rings. The zero-order valence-electron chi connectivity index (χ0n) is 9.28. The first kappa shape index (κ1) is 13.0. The first-order valence-electron chi connectivity index (χ1n) is 5.08. The van der Waals surface area contributed by atoms with Crippen molar-refractivity contribution < 1.29 is 23.1 Å². The lowest BCUT2D eigenvalue weighted by atomic mass is 10.1. The third-order valence-electron chi connectivity index (χ3n) is 2.55. The van der Waals surface area contributed by atoms with Gasteiger partial charge in [0.25, 0.3) is 0 Å². The van der Waals surface area contributed by atoms with Crippen LogP contribution in [0.15, 0.2) is 28.7 Å². The van der Waals surface area contributed by atoms with Gasteiger partial charge >= 0.3 is 12.1 Å². The largest absolute Gasteiger partial charge is 0.478 e. The highest BCUT2D eigenvalue weighted by molar-refractivity contribution is 8.00. The molecule has 1 heterocycles. The molecule has 0 aliphatic carbocycles. The van der Waals surface area contributed by atoms with E-state index in [1.54, 1.807) is 25.1 Å². The second kappa shape index (κ2) is 4.35. The van der Waals surface area contributed by atoms with E-state index in [1.807, 2.05) is 0 Å².